The third-order valence-corrected chi connectivity index (χ3v) is 3.43. The van der Waals surface area contributed by atoms with Crippen molar-refractivity contribution in [3.8, 4) is 0 Å². The van der Waals surface area contributed by atoms with Crippen LogP contribution >= 0.6 is 0 Å². The van der Waals surface area contributed by atoms with Crippen molar-refractivity contribution in [2.45, 2.75) is 45.6 Å². The second-order valence-electron chi connectivity index (χ2n) is 5.44. The third-order valence-electron chi connectivity index (χ3n) is 3.43. The lowest BCUT2D eigenvalue weighted by Crippen LogP contribution is -2.20. The molecule has 15 heavy (non-hydrogen) atoms. The van der Waals surface area contributed by atoms with Crippen LogP contribution in [-0.4, -0.2) is 11.2 Å². The maximum Gasteiger partial charge on any atom is 0.0974 e. The molecule has 0 amide bonds. The average Bonchev–Trinajstić information content (AvgIpc) is 2.17. The van der Waals surface area contributed by atoms with Crippen LogP contribution in [0.4, 0.5) is 0 Å². The standard InChI is InChI=1S/C14H20O/c1-14(2)9-5-6-11(10-14)12-7-3-4-8-13(12)15/h3-4,7-8,13,15H,5-6,9-10H2,1-2H3. The SMILES string of the molecule is CC1(C)CCCC(=C2C=CC=CC2O)C1. The van der Waals surface area contributed by atoms with Gasteiger partial charge in [0.15, 0.2) is 0 Å². The van der Waals surface area contributed by atoms with E-state index in [-0.39, 0.29) is 6.10 Å². The summed E-state index contributed by atoms with van der Waals surface area (Å²) in [5, 5.41) is 9.90. The monoisotopic (exact) mass is 204 g/mol. The van der Waals surface area contributed by atoms with Gasteiger partial charge in [-0.2, -0.15) is 0 Å². The largest absolute Gasteiger partial charge is 0.384 e. The van der Waals surface area contributed by atoms with Gasteiger partial charge in [0.25, 0.3) is 0 Å². The summed E-state index contributed by atoms with van der Waals surface area (Å²) >= 11 is 0. The minimum atomic E-state index is -0.376. The number of hydrogen-bond donors (Lipinski definition) is 1. The van der Waals surface area contributed by atoms with Crippen molar-refractivity contribution in [3.63, 3.8) is 0 Å². The van der Waals surface area contributed by atoms with E-state index in [2.05, 4.69) is 19.9 Å². The quantitative estimate of drug-likeness (QED) is 0.641. The Morgan fingerprint density at radius 1 is 1.33 bits per heavy atom. The molecule has 2 rings (SSSR count). The number of rotatable bonds is 0. The highest BCUT2D eigenvalue weighted by Crippen LogP contribution is 2.40. The first kappa shape index (κ1) is 10.7. The van der Waals surface area contributed by atoms with Gasteiger partial charge in [-0.25, -0.2) is 0 Å². The highest BCUT2D eigenvalue weighted by Gasteiger charge is 2.26. The lowest BCUT2D eigenvalue weighted by molar-refractivity contribution is 0.250. The molecule has 1 saturated carbocycles. The van der Waals surface area contributed by atoms with Gasteiger partial charge >= 0.3 is 0 Å². The topological polar surface area (TPSA) is 20.2 Å². The van der Waals surface area contributed by atoms with E-state index in [4.69, 9.17) is 0 Å². The Hall–Kier alpha value is -0.820. The van der Waals surface area contributed by atoms with Gasteiger partial charge in [0.1, 0.15) is 0 Å². The van der Waals surface area contributed by atoms with Crippen LogP contribution in [0.5, 0.6) is 0 Å². The van der Waals surface area contributed by atoms with Gasteiger partial charge in [-0.3, -0.25) is 0 Å². The van der Waals surface area contributed by atoms with Gasteiger partial charge in [0.05, 0.1) is 6.10 Å². The van der Waals surface area contributed by atoms with Crippen LogP contribution in [0.25, 0.3) is 0 Å². The zero-order chi connectivity index (χ0) is 10.9. The summed E-state index contributed by atoms with van der Waals surface area (Å²) in [6, 6.07) is 0. The summed E-state index contributed by atoms with van der Waals surface area (Å²) in [5.74, 6) is 0. The molecular formula is C14H20O. The van der Waals surface area contributed by atoms with Crippen molar-refractivity contribution in [2.75, 3.05) is 0 Å². The summed E-state index contributed by atoms with van der Waals surface area (Å²) in [5.41, 5.74) is 3.01. The summed E-state index contributed by atoms with van der Waals surface area (Å²) in [4.78, 5) is 0. The number of allylic oxidation sites excluding steroid dienone is 3. The Morgan fingerprint density at radius 2 is 2.13 bits per heavy atom. The minimum Gasteiger partial charge on any atom is -0.384 e. The number of hydrogen-bond acceptors (Lipinski definition) is 1. The molecule has 0 aromatic heterocycles. The molecule has 2 aliphatic carbocycles. The van der Waals surface area contributed by atoms with E-state index in [0.717, 1.165) is 18.4 Å². The molecular weight excluding hydrogens is 184 g/mol. The predicted molar refractivity (Wildman–Crippen MR) is 63.6 cm³/mol. The van der Waals surface area contributed by atoms with Crippen LogP contribution in [0.3, 0.4) is 0 Å². The van der Waals surface area contributed by atoms with Crippen LogP contribution in [-0.2, 0) is 0 Å². The van der Waals surface area contributed by atoms with Crippen LogP contribution < -0.4 is 0 Å². The van der Waals surface area contributed by atoms with Gasteiger partial charge in [0.2, 0.25) is 0 Å². The van der Waals surface area contributed by atoms with Gasteiger partial charge in [0, 0.05) is 0 Å². The van der Waals surface area contributed by atoms with E-state index in [9.17, 15) is 5.11 Å². The first-order valence-electron chi connectivity index (χ1n) is 5.83. The van der Waals surface area contributed by atoms with Crippen molar-refractivity contribution in [2.24, 2.45) is 5.41 Å². The molecule has 1 heteroatoms. The van der Waals surface area contributed by atoms with E-state index in [1.165, 1.54) is 18.4 Å². The van der Waals surface area contributed by atoms with Crippen LogP contribution in [0.1, 0.15) is 39.5 Å². The van der Waals surface area contributed by atoms with Crippen LogP contribution in [0, 0.1) is 5.41 Å². The fourth-order valence-corrected chi connectivity index (χ4v) is 2.64. The zero-order valence-electron chi connectivity index (χ0n) is 9.66. The van der Waals surface area contributed by atoms with E-state index >= 15 is 0 Å². The Kier molecular flexibility index (Phi) is 2.83. The molecule has 0 spiro atoms. The molecule has 0 heterocycles. The second-order valence-corrected chi connectivity index (χ2v) is 5.44. The maximum atomic E-state index is 9.90. The van der Waals surface area contributed by atoms with Gasteiger partial charge in [-0.05, 0) is 36.7 Å². The molecule has 2 aliphatic rings. The fourth-order valence-electron chi connectivity index (χ4n) is 2.64. The summed E-state index contributed by atoms with van der Waals surface area (Å²) in [7, 11) is 0. The Morgan fingerprint density at radius 3 is 2.80 bits per heavy atom. The smallest absolute Gasteiger partial charge is 0.0974 e. The highest BCUT2D eigenvalue weighted by atomic mass is 16.3. The van der Waals surface area contributed by atoms with Crippen molar-refractivity contribution in [3.05, 3.63) is 35.5 Å². The Labute approximate surface area is 92.2 Å². The zero-order valence-corrected chi connectivity index (χ0v) is 9.66. The lowest BCUT2D eigenvalue weighted by Gasteiger charge is -2.33. The molecule has 0 aromatic carbocycles. The summed E-state index contributed by atoms with van der Waals surface area (Å²) in [6.45, 7) is 4.64. The normalized spacial score (nSPS) is 34.5. The summed E-state index contributed by atoms with van der Waals surface area (Å²) < 4.78 is 0. The van der Waals surface area contributed by atoms with Crippen molar-refractivity contribution in [1.29, 1.82) is 0 Å². The molecule has 0 aliphatic heterocycles. The van der Waals surface area contributed by atoms with Crippen molar-refractivity contribution < 1.29 is 5.11 Å². The molecule has 82 valence electrons. The molecule has 1 fully saturated rings. The molecule has 0 radical (unpaired) electrons. The predicted octanol–water partition coefficient (Wildman–Crippen LogP) is 3.37. The molecule has 1 unspecified atom stereocenters. The molecule has 1 atom stereocenters. The van der Waals surface area contributed by atoms with E-state index in [1.54, 1.807) is 0 Å². The lowest BCUT2D eigenvalue weighted by atomic mass is 9.73. The summed E-state index contributed by atoms with van der Waals surface area (Å²) in [6.07, 6.45) is 12.4. The fraction of sp³-hybridized carbons (Fsp3) is 0.571. The van der Waals surface area contributed by atoms with Gasteiger partial charge in [-0.15, -0.1) is 0 Å². The van der Waals surface area contributed by atoms with Gasteiger partial charge < -0.3 is 5.11 Å². The van der Waals surface area contributed by atoms with E-state index < -0.39 is 0 Å². The second kappa shape index (κ2) is 3.97. The van der Waals surface area contributed by atoms with Crippen LogP contribution in [0.15, 0.2) is 35.5 Å². The molecule has 0 bridgehead atoms. The molecule has 0 aromatic rings. The average molecular weight is 204 g/mol. The van der Waals surface area contributed by atoms with E-state index in [0.29, 0.717) is 5.41 Å². The number of aliphatic hydroxyl groups is 1. The highest BCUT2D eigenvalue weighted by molar-refractivity contribution is 5.39. The Bertz CT molecular complexity index is 331. The van der Waals surface area contributed by atoms with Crippen molar-refractivity contribution >= 4 is 0 Å². The first-order valence-corrected chi connectivity index (χ1v) is 5.83. The molecule has 0 saturated heterocycles. The minimum absolute atomic E-state index is 0.376. The van der Waals surface area contributed by atoms with Crippen LogP contribution in [0.2, 0.25) is 0 Å². The van der Waals surface area contributed by atoms with E-state index in [1.807, 2.05) is 18.2 Å². The first-order chi connectivity index (χ1) is 7.08. The Balaban J connectivity index is 2.25. The number of aliphatic hydroxyl groups excluding tert-OH is 1. The maximum absolute atomic E-state index is 9.90. The molecule has 1 nitrogen and oxygen atoms in total. The van der Waals surface area contributed by atoms with Gasteiger partial charge in [-0.1, -0.05) is 43.7 Å². The molecule has 1 N–H and O–H groups in total. The third kappa shape index (κ3) is 2.40. The van der Waals surface area contributed by atoms with Crippen molar-refractivity contribution in [1.82, 2.24) is 0 Å².